The van der Waals surface area contributed by atoms with Crippen molar-refractivity contribution in [1.29, 1.82) is 0 Å². The molecule has 15 heavy (non-hydrogen) atoms. The summed E-state index contributed by atoms with van der Waals surface area (Å²) in [7, 11) is 1.41. The SMILES string of the molecule is COC(=O)CCCCCCCC(=O)CBr. The predicted molar refractivity (Wildman–Crippen MR) is 63.1 cm³/mol. The van der Waals surface area contributed by atoms with E-state index in [4.69, 9.17) is 0 Å². The van der Waals surface area contributed by atoms with Crippen molar-refractivity contribution < 1.29 is 14.3 Å². The number of ketones is 1. The van der Waals surface area contributed by atoms with Crippen LogP contribution >= 0.6 is 15.9 Å². The Labute approximate surface area is 99.7 Å². The summed E-state index contributed by atoms with van der Waals surface area (Å²) >= 11 is 3.13. The van der Waals surface area contributed by atoms with Gasteiger partial charge in [-0.1, -0.05) is 35.2 Å². The number of hydrogen-bond donors (Lipinski definition) is 0. The number of carbonyl (C=O) groups excluding carboxylic acids is 2. The largest absolute Gasteiger partial charge is 0.469 e. The third-order valence-electron chi connectivity index (χ3n) is 2.21. The van der Waals surface area contributed by atoms with E-state index in [1.165, 1.54) is 7.11 Å². The molecule has 0 radical (unpaired) electrons. The highest BCUT2D eigenvalue weighted by atomic mass is 79.9. The maximum Gasteiger partial charge on any atom is 0.305 e. The summed E-state index contributed by atoms with van der Waals surface area (Å²) < 4.78 is 4.54. The summed E-state index contributed by atoms with van der Waals surface area (Å²) in [6.07, 6.45) is 6.23. The summed E-state index contributed by atoms with van der Waals surface area (Å²) in [6, 6.07) is 0. The fraction of sp³-hybridized carbons (Fsp3) is 0.818. The molecule has 0 heterocycles. The summed E-state index contributed by atoms with van der Waals surface area (Å²) in [5.74, 6) is 0.133. The molecule has 0 aromatic heterocycles. The predicted octanol–water partition coefficient (Wildman–Crippen LogP) is 2.85. The number of hydrogen-bond acceptors (Lipinski definition) is 3. The van der Waals surface area contributed by atoms with Crippen LogP contribution in [0.3, 0.4) is 0 Å². The maximum absolute atomic E-state index is 10.9. The van der Waals surface area contributed by atoms with E-state index in [0.29, 0.717) is 18.2 Å². The number of alkyl halides is 1. The first-order valence-electron chi connectivity index (χ1n) is 5.35. The highest BCUT2D eigenvalue weighted by Gasteiger charge is 2.00. The van der Waals surface area contributed by atoms with Crippen molar-refractivity contribution in [3.8, 4) is 0 Å². The van der Waals surface area contributed by atoms with Gasteiger partial charge >= 0.3 is 5.97 Å². The molecule has 0 spiro atoms. The highest BCUT2D eigenvalue weighted by molar-refractivity contribution is 9.09. The summed E-state index contributed by atoms with van der Waals surface area (Å²) in [5, 5.41) is 0.468. The van der Waals surface area contributed by atoms with Gasteiger partial charge in [-0.05, 0) is 12.8 Å². The topological polar surface area (TPSA) is 43.4 Å². The van der Waals surface area contributed by atoms with Crippen molar-refractivity contribution in [2.24, 2.45) is 0 Å². The molecule has 0 saturated carbocycles. The van der Waals surface area contributed by atoms with Crippen LogP contribution < -0.4 is 0 Å². The Bertz CT molecular complexity index is 172. The van der Waals surface area contributed by atoms with Crippen LogP contribution in [0.2, 0.25) is 0 Å². The maximum atomic E-state index is 10.9. The average Bonchev–Trinajstić information content (AvgIpc) is 2.26. The van der Waals surface area contributed by atoms with Crippen LogP contribution in [0, 0.1) is 0 Å². The molecule has 0 aliphatic carbocycles. The van der Waals surface area contributed by atoms with Gasteiger partial charge in [0, 0.05) is 12.8 Å². The first kappa shape index (κ1) is 14.6. The number of esters is 1. The van der Waals surface area contributed by atoms with Crippen molar-refractivity contribution in [3.05, 3.63) is 0 Å². The van der Waals surface area contributed by atoms with E-state index in [0.717, 1.165) is 32.1 Å². The lowest BCUT2D eigenvalue weighted by atomic mass is 10.1. The van der Waals surface area contributed by atoms with Gasteiger partial charge in [-0.3, -0.25) is 9.59 Å². The molecule has 0 bridgehead atoms. The zero-order valence-corrected chi connectivity index (χ0v) is 10.8. The lowest BCUT2D eigenvalue weighted by Crippen LogP contribution is -1.99. The van der Waals surface area contributed by atoms with Gasteiger partial charge in [-0.15, -0.1) is 0 Å². The molecule has 88 valence electrons. The minimum Gasteiger partial charge on any atom is -0.469 e. The molecule has 4 heteroatoms. The van der Waals surface area contributed by atoms with Crippen LogP contribution in [0.1, 0.15) is 44.9 Å². The highest BCUT2D eigenvalue weighted by Crippen LogP contribution is 2.08. The Morgan fingerprint density at radius 3 is 2.07 bits per heavy atom. The lowest BCUT2D eigenvalue weighted by molar-refractivity contribution is -0.140. The molecule has 0 rings (SSSR count). The fourth-order valence-electron chi connectivity index (χ4n) is 1.29. The van der Waals surface area contributed by atoms with Gasteiger partial charge in [0.2, 0.25) is 0 Å². The Kier molecular flexibility index (Phi) is 9.89. The van der Waals surface area contributed by atoms with E-state index in [9.17, 15) is 9.59 Å². The van der Waals surface area contributed by atoms with Gasteiger partial charge in [0.25, 0.3) is 0 Å². The summed E-state index contributed by atoms with van der Waals surface area (Å²) in [4.78, 5) is 21.7. The number of Topliss-reactive ketones (excluding diaryl/α,β-unsaturated/α-hetero) is 1. The molecular formula is C11H19BrO3. The van der Waals surface area contributed by atoms with Crippen molar-refractivity contribution in [3.63, 3.8) is 0 Å². The quantitative estimate of drug-likeness (QED) is 0.370. The van der Waals surface area contributed by atoms with Crippen molar-refractivity contribution in [2.75, 3.05) is 12.4 Å². The minimum atomic E-state index is -0.135. The molecule has 0 aromatic rings. The van der Waals surface area contributed by atoms with Crippen LogP contribution in [-0.2, 0) is 14.3 Å². The molecule has 0 fully saturated rings. The van der Waals surface area contributed by atoms with Gasteiger partial charge in [0.1, 0.15) is 5.78 Å². The van der Waals surface area contributed by atoms with Gasteiger partial charge in [0.15, 0.2) is 0 Å². The molecule has 0 aliphatic rings. The van der Waals surface area contributed by atoms with Crippen LogP contribution in [0.15, 0.2) is 0 Å². The molecule has 0 aromatic carbocycles. The van der Waals surface area contributed by atoms with E-state index >= 15 is 0 Å². The second-order valence-corrected chi connectivity index (χ2v) is 4.08. The van der Waals surface area contributed by atoms with Gasteiger partial charge in [0.05, 0.1) is 12.4 Å². The first-order valence-corrected chi connectivity index (χ1v) is 6.47. The van der Waals surface area contributed by atoms with Crippen LogP contribution in [0.4, 0.5) is 0 Å². The Morgan fingerprint density at radius 1 is 1.00 bits per heavy atom. The van der Waals surface area contributed by atoms with Gasteiger partial charge in [-0.2, -0.15) is 0 Å². The zero-order valence-electron chi connectivity index (χ0n) is 9.26. The summed E-state index contributed by atoms with van der Waals surface area (Å²) in [5.41, 5.74) is 0. The molecule has 3 nitrogen and oxygen atoms in total. The second kappa shape index (κ2) is 10.1. The van der Waals surface area contributed by atoms with E-state index in [-0.39, 0.29) is 11.8 Å². The van der Waals surface area contributed by atoms with Crippen molar-refractivity contribution in [2.45, 2.75) is 44.9 Å². The number of rotatable bonds is 9. The third-order valence-corrected chi connectivity index (χ3v) is 2.84. The molecule has 0 N–H and O–H groups in total. The zero-order chi connectivity index (χ0) is 11.5. The second-order valence-electron chi connectivity index (χ2n) is 3.52. The van der Waals surface area contributed by atoms with E-state index in [1.54, 1.807) is 0 Å². The average molecular weight is 279 g/mol. The number of ether oxygens (including phenoxy) is 1. The smallest absolute Gasteiger partial charge is 0.305 e. The van der Waals surface area contributed by atoms with Gasteiger partial charge in [-0.25, -0.2) is 0 Å². The van der Waals surface area contributed by atoms with E-state index in [1.807, 2.05) is 0 Å². The van der Waals surface area contributed by atoms with Crippen molar-refractivity contribution >= 4 is 27.7 Å². The minimum absolute atomic E-state index is 0.135. The number of carbonyl (C=O) groups is 2. The molecular weight excluding hydrogens is 260 g/mol. The Balaban J connectivity index is 3.11. The number of halogens is 1. The molecule has 0 amide bonds. The molecule has 0 unspecified atom stereocenters. The lowest BCUT2D eigenvalue weighted by Gasteiger charge is -2.00. The van der Waals surface area contributed by atoms with E-state index in [2.05, 4.69) is 20.7 Å². The monoisotopic (exact) mass is 278 g/mol. The Hall–Kier alpha value is -0.380. The van der Waals surface area contributed by atoms with Crippen LogP contribution in [0.25, 0.3) is 0 Å². The molecule has 0 atom stereocenters. The molecule has 0 aliphatic heterocycles. The first-order chi connectivity index (χ1) is 7.20. The van der Waals surface area contributed by atoms with Gasteiger partial charge < -0.3 is 4.74 Å². The normalized spacial score (nSPS) is 10.0. The van der Waals surface area contributed by atoms with Crippen LogP contribution in [0.5, 0.6) is 0 Å². The third kappa shape index (κ3) is 9.91. The number of unbranched alkanes of at least 4 members (excludes halogenated alkanes) is 4. The molecule has 0 saturated heterocycles. The van der Waals surface area contributed by atoms with Crippen molar-refractivity contribution in [1.82, 2.24) is 0 Å². The van der Waals surface area contributed by atoms with Crippen LogP contribution in [-0.4, -0.2) is 24.2 Å². The number of methoxy groups -OCH3 is 1. The summed E-state index contributed by atoms with van der Waals surface area (Å²) in [6.45, 7) is 0. The van der Waals surface area contributed by atoms with E-state index < -0.39 is 0 Å². The fourth-order valence-corrected chi connectivity index (χ4v) is 1.57. The Morgan fingerprint density at radius 2 is 1.53 bits per heavy atom. The standard InChI is InChI=1S/C11H19BrO3/c1-15-11(14)8-6-4-2-3-5-7-10(13)9-12/h2-9H2,1H3.